The van der Waals surface area contributed by atoms with E-state index in [0.717, 1.165) is 50.0 Å². The lowest BCUT2D eigenvalue weighted by Gasteiger charge is -2.35. The summed E-state index contributed by atoms with van der Waals surface area (Å²) in [5.74, 6) is 0.275. The van der Waals surface area contributed by atoms with Crippen molar-refractivity contribution in [1.82, 2.24) is 10.2 Å². The molecule has 0 bridgehead atoms. The number of amides is 2. The fourth-order valence-electron chi connectivity index (χ4n) is 5.01. The molecule has 0 aromatic heterocycles. The maximum absolute atomic E-state index is 13.7. The van der Waals surface area contributed by atoms with Crippen molar-refractivity contribution in [3.8, 4) is 0 Å². The van der Waals surface area contributed by atoms with Crippen molar-refractivity contribution in [3.05, 3.63) is 33.3 Å². The van der Waals surface area contributed by atoms with Gasteiger partial charge in [0.15, 0.2) is 0 Å². The second kappa shape index (κ2) is 10.7. The summed E-state index contributed by atoms with van der Waals surface area (Å²) < 4.78 is 0.0647. The number of halogens is 2. The molecule has 0 radical (unpaired) electrons. The molecule has 1 aromatic rings. The highest BCUT2D eigenvalue weighted by atomic mass is 35.5. The highest BCUT2D eigenvalue weighted by molar-refractivity contribution is 8.18. The second-order valence-corrected chi connectivity index (χ2v) is 12.9. The van der Waals surface area contributed by atoms with Crippen LogP contribution in [0.25, 0.3) is 0 Å². The molecule has 10 heteroatoms. The van der Waals surface area contributed by atoms with Gasteiger partial charge in [0.25, 0.3) is 5.91 Å². The number of benzene rings is 1. The van der Waals surface area contributed by atoms with Gasteiger partial charge in [-0.2, -0.15) is 0 Å². The molecule has 6 nitrogen and oxygen atoms in total. The lowest BCUT2D eigenvalue weighted by molar-refractivity contribution is -0.133. The topological polar surface area (TPSA) is 86.7 Å². The first kappa shape index (κ1) is 25.0. The first-order valence-electron chi connectivity index (χ1n) is 11.4. The Morgan fingerprint density at radius 3 is 2.45 bits per heavy atom. The number of likely N-dealkylation sites (tertiary alicyclic amines) is 1. The molecule has 2 heterocycles. The van der Waals surface area contributed by atoms with Gasteiger partial charge in [-0.3, -0.25) is 9.59 Å². The Kier molecular flexibility index (Phi) is 8.09. The van der Waals surface area contributed by atoms with Gasteiger partial charge in [0.05, 0.1) is 25.3 Å². The van der Waals surface area contributed by atoms with Crippen LogP contribution in [0.5, 0.6) is 0 Å². The number of carboxylic acid groups (broad SMARTS) is 1. The van der Waals surface area contributed by atoms with Crippen molar-refractivity contribution in [2.75, 3.05) is 24.6 Å². The first-order valence-corrected chi connectivity index (χ1v) is 14.1. The van der Waals surface area contributed by atoms with E-state index in [1.807, 2.05) is 28.4 Å². The van der Waals surface area contributed by atoms with E-state index < -0.39 is 17.9 Å². The summed E-state index contributed by atoms with van der Waals surface area (Å²) >= 11 is 16.0. The SMILES string of the molecule is O=C(NC(C(=O)N1CCC2(C1)SCCCS2)C1CCCCC1)c1ccc(Cl)c(Cl)c1C(=O)O. The molecule has 1 saturated carbocycles. The van der Waals surface area contributed by atoms with Crippen LogP contribution in [0.1, 0.15) is 65.7 Å². The Morgan fingerprint density at radius 2 is 1.79 bits per heavy atom. The van der Waals surface area contributed by atoms with E-state index >= 15 is 0 Å². The standard InChI is InChI=1S/C23H28Cl2N2O4S2/c24-16-8-7-15(17(18(16)25)22(30)31)20(28)26-19(14-5-2-1-3-6-14)21(29)27-10-9-23(13-27)32-11-4-12-33-23/h7-8,14,19H,1-6,9-13H2,(H,26,28)(H,30,31). The van der Waals surface area contributed by atoms with Crippen LogP contribution in [0.15, 0.2) is 12.1 Å². The molecule has 180 valence electrons. The van der Waals surface area contributed by atoms with E-state index in [4.69, 9.17) is 23.2 Å². The number of hydrogen-bond donors (Lipinski definition) is 2. The molecule has 1 unspecified atom stereocenters. The van der Waals surface area contributed by atoms with Gasteiger partial charge in [-0.1, -0.05) is 42.5 Å². The minimum atomic E-state index is -1.33. The Hall–Kier alpha value is -1.09. The van der Waals surface area contributed by atoms with Crippen LogP contribution >= 0.6 is 46.7 Å². The predicted molar refractivity (Wildman–Crippen MR) is 135 cm³/mol. The summed E-state index contributed by atoms with van der Waals surface area (Å²) in [6.45, 7) is 1.37. The fourth-order valence-corrected chi connectivity index (χ4v) is 8.71. The summed E-state index contributed by atoms with van der Waals surface area (Å²) in [6.07, 6.45) is 7.05. The van der Waals surface area contributed by atoms with Crippen molar-refractivity contribution >= 4 is 64.5 Å². The van der Waals surface area contributed by atoms with Crippen molar-refractivity contribution in [2.24, 2.45) is 5.92 Å². The van der Waals surface area contributed by atoms with Crippen LogP contribution in [0.2, 0.25) is 10.0 Å². The maximum atomic E-state index is 13.7. The van der Waals surface area contributed by atoms with E-state index in [1.54, 1.807) is 0 Å². The summed E-state index contributed by atoms with van der Waals surface area (Å²) in [4.78, 5) is 40.7. The van der Waals surface area contributed by atoms with Gasteiger partial charge in [-0.25, -0.2) is 4.79 Å². The molecule has 3 aliphatic rings. The zero-order valence-electron chi connectivity index (χ0n) is 18.3. The summed E-state index contributed by atoms with van der Waals surface area (Å²) in [5.41, 5.74) is -0.423. The third kappa shape index (κ3) is 5.44. The van der Waals surface area contributed by atoms with E-state index in [1.165, 1.54) is 18.6 Å². The van der Waals surface area contributed by atoms with Gasteiger partial charge in [0, 0.05) is 13.1 Å². The van der Waals surface area contributed by atoms with E-state index in [-0.39, 0.29) is 37.1 Å². The molecule has 1 aliphatic carbocycles. The van der Waals surface area contributed by atoms with Crippen molar-refractivity contribution in [3.63, 3.8) is 0 Å². The first-order chi connectivity index (χ1) is 15.8. The zero-order valence-corrected chi connectivity index (χ0v) is 21.4. The Balaban J connectivity index is 1.57. The van der Waals surface area contributed by atoms with Gasteiger partial charge < -0.3 is 15.3 Å². The largest absolute Gasteiger partial charge is 0.478 e. The normalized spacial score (nSPS) is 21.7. The number of carboxylic acids is 1. The van der Waals surface area contributed by atoms with Crippen molar-refractivity contribution < 1.29 is 19.5 Å². The number of nitrogens with one attached hydrogen (secondary N) is 1. The predicted octanol–water partition coefficient (Wildman–Crippen LogP) is 5.17. The van der Waals surface area contributed by atoms with Gasteiger partial charge in [-0.05, 0) is 55.2 Å². The number of nitrogens with zero attached hydrogens (tertiary/aromatic N) is 1. The quantitative estimate of drug-likeness (QED) is 0.546. The number of thioether (sulfide) groups is 2. The number of carbonyl (C=O) groups is 3. The molecule has 2 saturated heterocycles. The molecule has 2 aliphatic heterocycles. The average Bonchev–Trinajstić information content (AvgIpc) is 3.22. The molecule has 3 fully saturated rings. The van der Waals surface area contributed by atoms with Crippen LogP contribution in [-0.2, 0) is 4.79 Å². The summed E-state index contributed by atoms with van der Waals surface area (Å²) in [6, 6.07) is 2.09. The highest BCUT2D eigenvalue weighted by Crippen LogP contribution is 2.48. The van der Waals surface area contributed by atoms with Gasteiger partial charge in [0.2, 0.25) is 5.91 Å². The minimum absolute atomic E-state index is 0.0365. The Bertz CT molecular complexity index is 933. The smallest absolute Gasteiger partial charge is 0.338 e. The van der Waals surface area contributed by atoms with E-state index in [9.17, 15) is 19.5 Å². The summed E-state index contributed by atoms with van der Waals surface area (Å²) in [5, 5.41) is 12.4. The molecule has 2 amide bonds. The number of hydrogen-bond acceptors (Lipinski definition) is 5. The van der Waals surface area contributed by atoms with Gasteiger partial charge >= 0.3 is 5.97 Å². The molecule has 1 atom stereocenters. The number of rotatable bonds is 5. The van der Waals surface area contributed by atoms with Crippen LogP contribution in [0.4, 0.5) is 0 Å². The van der Waals surface area contributed by atoms with E-state index in [2.05, 4.69) is 5.32 Å². The van der Waals surface area contributed by atoms with Gasteiger partial charge in [0.1, 0.15) is 6.04 Å². The molecule has 4 rings (SSSR count). The van der Waals surface area contributed by atoms with Crippen molar-refractivity contribution in [1.29, 1.82) is 0 Å². The third-order valence-electron chi connectivity index (χ3n) is 6.75. The molecule has 2 N–H and O–H groups in total. The molecular formula is C23H28Cl2N2O4S2. The van der Waals surface area contributed by atoms with Crippen LogP contribution < -0.4 is 5.32 Å². The Labute approximate surface area is 212 Å². The van der Waals surface area contributed by atoms with E-state index in [0.29, 0.717) is 13.1 Å². The zero-order chi connectivity index (χ0) is 23.6. The number of carbonyl (C=O) groups excluding carboxylic acids is 2. The van der Waals surface area contributed by atoms with Crippen LogP contribution in [0, 0.1) is 5.92 Å². The monoisotopic (exact) mass is 530 g/mol. The second-order valence-electron chi connectivity index (χ2n) is 8.91. The van der Waals surface area contributed by atoms with Crippen molar-refractivity contribution in [2.45, 2.75) is 55.1 Å². The summed E-state index contributed by atoms with van der Waals surface area (Å²) in [7, 11) is 0. The third-order valence-corrected chi connectivity index (χ3v) is 11.0. The van der Waals surface area contributed by atoms with Gasteiger partial charge in [-0.15, -0.1) is 23.5 Å². The minimum Gasteiger partial charge on any atom is -0.478 e. The van der Waals surface area contributed by atoms with Crippen LogP contribution in [0.3, 0.4) is 0 Å². The fraction of sp³-hybridized carbons (Fsp3) is 0.609. The molecule has 1 spiro atoms. The average molecular weight is 532 g/mol. The van der Waals surface area contributed by atoms with Crippen LogP contribution in [-0.4, -0.2) is 62.5 Å². The number of aromatic carboxylic acids is 1. The lowest BCUT2D eigenvalue weighted by Crippen LogP contribution is -2.52. The molecule has 1 aromatic carbocycles. The highest BCUT2D eigenvalue weighted by Gasteiger charge is 2.45. The maximum Gasteiger partial charge on any atom is 0.338 e. The lowest BCUT2D eigenvalue weighted by atomic mass is 9.83. The molecule has 33 heavy (non-hydrogen) atoms. The molecular weight excluding hydrogens is 503 g/mol. The Morgan fingerprint density at radius 1 is 1.09 bits per heavy atom.